The van der Waals surface area contributed by atoms with Crippen LogP contribution in [0.5, 0.6) is 0 Å². The lowest BCUT2D eigenvalue weighted by Gasteiger charge is -2.46. The SMILES string of the molecule is CCCCCCC(CCCC(O)CCCCCCCCCCCCCC(O)C(=O)O)OC1OCC(O)C(O)C1OC1OCC(OC(C)=O)C(O)C1OC1OC(COC(C)=O)C(O)C(O)C1O. The van der Waals surface area contributed by atoms with Crippen molar-refractivity contribution in [3.8, 4) is 0 Å². The number of carbonyl (C=O) groups is 3. The highest BCUT2D eigenvalue weighted by Crippen LogP contribution is 2.32. The molecule has 3 aliphatic heterocycles. The summed E-state index contributed by atoms with van der Waals surface area (Å²) in [7, 11) is 0. The number of hydrogen-bond acceptors (Lipinski definition) is 19. The number of aliphatic hydroxyl groups excluding tert-OH is 8. The maximum Gasteiger partial charge on any atom is 0.332 e. The zero-order chi connectivity index (χ0) is 48.6. The van der Waals surface area contributed by atoms with Gasteiger partial charge in [0.2, 0.25) is 0 Å². The van der Waals surface area contributed by atoms with Crippen molar-refractivity contribution in [2.45, 2.75) is 254 Å². The van der Waals surface area contributed by atoms with E-state index in [0.717, 1.165) is 110 Å². The summed E-state index contributed by atoms with van der Waals surface area (Å²) in [6.07, 6.45) is -3.86. The lowest BCUT2D eigenvalue weighted by molar-refractivity contribution is -0.380. The van der Waals surface area contributed by atoms with Crippen LogP contribution in [0.15, 0.2) is 0 Å². The fraction of sp³-hybridized carbons (Fsp3) is 0.935. The molecular weight excluding hydrogens is 872 g/mol. The van der Waals surface area contributed by atoms with Crippen molar-refractivity contribution in [1.82, 2.24) is 0 Å². The summed E-state index contributed by atoms with van der Waals surface area (Å²) in [5, 5.41) is 94.3. The number of unbranched alkanes of at least 4 members (excludes halogenated alkanes) is 13. The smallest absolute Gasteiger partial charge is 0.332 e. The molecule has 3 fully saturated rings. The van der Waals surface area contributed by atoms with Gasteiger partial charge in [-0.2, -0.15) is 0 Å². The van der Waals surface area contributed by atoms with Crippen LogP contribution in [0.25, 0.3) is 0 Å². The molecule has 3 aliphatic rings. The van der Waals surface area contributed by atoms with Crippen LogP contribution < -0.4 is 0 Å². The summed E-state index contributed by atoms with van der Waals surface area (Å²) in [5.74, 6) is -2.61. The Morgan fingerprint density at radius 2 is 1.11 bits per heavy atom. The maximum atomic E-state index is 11.9. The molecule has 16 atom stereocenters. The van der Waals surface area contributed by atoms with Crippen molar-refractivity contribution >= 4 is 17.9 Å². The van der Waals surface area contributed by atoms with Crippen LogP contribution in [0.2, 0.25) is 0 Å². The third-order valence-electron chi connectivity index (χ3n) is 12.4. The van der Waals surface area contributed by atoms with Crippen LogP contribution >= 0.6 is 0 Å². The summed E-state index contributed by atoms with van der Waals surface area (Å²) < 4.78 is 46.3. The van der Waals surface area contributed by atoms with E-state index in [-0.39, 0.29) is 12.7 Å². The number of carboxylic acids is 1. The van der Waals surface area contributed by atoms with E-state index in [9.17, 15) is 55.2 Å². The molecule has 3 rings (SSSR count). The Hall–Kier alpha value is -2.15. The van der Waals surface area contributed by atoms with Crippen LogP contribution in [-0.2, 0) is 52.3 Å². The fourth-order valence-corrected chi connectivity index (χ4v) is 8.46. The fourth-order valence-electron chi connectivity index (χ4n) is 8.46. The van der Waals surface area contributed by atoms with Crippen LogP contribution in [0.3, 0.4) is 0 Å². The first-order valence-corrected chi connectivity index (χ1v) is 24.4. The zero-order valence-corrected chi connectivity index (χ0v) is 39.2. The molecule has 0 radical (unpaired) electrons. The number of hydrogen-bond donors (Lipinski definition) is 9. The first-order valence-electron chi connectivity index (χ1n) is 24.4. The molecule has 16 unspecified atom stereocenters. The minimum atomic E-state index is -1.89. The normalized spacial score (nSPS) is 31.8. The molecule has 0 aromatic rings. The van der Waals surface area contributed by atoms with Gasteiger partial charge in [0.15, 0.2) is 31.1 Å². The Morgan fingerprint density at radius 1 is 0.576 bits per heavy atom. The quantitative estimate of drug-likeness (QED) is 0.0337. The minimum Gasteiger partial charge on any atom is -0.479 e. The number of ether oxygens (including phenoxy) is 8. The Kier molecular flexibility index (Phi) is 28.1. The van der Waals surface area contributed by atoms with Gasteiger partial charge in [-0.15, -0.1) is 0 Å². The minimum absolute atomic E-state index is 0.286. The second-order valence-electron chi connectivity index (χ2n) is 18.1. The van der Waals surface area contributed by atoms with Gasteiger partial charge in [0.05, 0.1) is 25.4 Å². The molecular formula is C46H82O20. The van der Waals surface area contributed by atoms with Gasteiger partial charge in [-0.1, -0.05) is 103 Å². The van der Waals surface area contributed by atoms with E-state index >= 15 is 0 Å². The van der Waals surface area contributed by atoms with Crippen LogP contribution in [0.4, 0.5) is 0 Å². The van der Waals surface area contributed by atoms with Gasteiger partial charge >= 0.3 is 17.9 Å². The van der Waals surface area contributed by atoms with Crippen LogP contribution in [0, 0.1) is 0 Å². The molecule has 0 saturated carbocycles. The standard InChI is InChI=1S/C46H82O20/c1-4-5-6-17-22-31(23-19-21-30(49)20-16-14-12-10-8-7-9-11-13-15-18-24-32(50)43(57)58)63-45-41(36(52)33(51)25-60-45)66-46-42(38(54)35(27-61-46)62-29(3)48)65-44-40(56)39(55)37(53)34(64-44)26-59-28(2)47/h30-42,44-46,49-56H,4-27H2,1-3H3,(H,57,58). The summed E-state index contributed by atoms with van der Waals surface area (Å²) in [6, 6.07) is 0. The van der Waals surface area contributed by atoms with Crippen molar-refractivity contribution < 1.29 is 98.2 Å². The third kappa shape index (κ3) is 20.8. The van der Waals surface area contributed by atoms with Gasteiger partial charge in [0.25, 0.3) is 0 Å². The van der Waals surface area contributed by atoms with Crippen LogP contribution in [0.1, 0.15) is 156 Å². The number of aliphatic hydroxyl groups is 8. The van der Waals surface area contributed by atoms with Crippen molar-refractivity contribution in [2.24, 2.45) is 0 Å². The van der Waals surface area contributed by atoms with E-state index in [2.05, 4.69) is 6.92 Å². The van der Waals surface area contributed by atoms with Gasteiger partial charge < -0.3 is 83.9 Å². The van der Waals surface area contributed by atoms with E-state index in [1.807, 2.05) is 0 Å². The summed E-state index contributed by atoms with van der Waals surface area (Å²) >= 11 is 0. The van der Waals surface area contributed by atoms with Gasteiger partial charge in [-0.3, -0.25) is 9.59 Å². The van der Waals surface area contributed by atoms with E-state index in [4.69, 9.17) is 43.0 Å². The summed E-state index contributed by atoms with van der Waals surface area (Å²) in [5.41, 5.74) is 0. The molecule has 66 heavy (non-hydrogen) atoms. The third-order valence-corrected chi connectivity index (χ3v) is 12.4. The molecule has 20 heteroatoms. The Labute approximate surface area is 389 Å². The van der Waals surface area contributed by atoms with Crippen molar-refractivity contribution in [2.75, 3.05) is 19.8 Å². The average molecular weight is 955 g/mol. The number of carbonyl (C=O) groups excluding carboxylic acids is 2. The van der Waals surface area contributed by atoms with Gasteiger partial charge in [0, 0.05) is 13.8 Å². The molecule has 0 spiro atoms. The van der Waals surface area contributed by atoms with Crippen LogP contribution in [-0.4, -0.2) is 182 Å². The van der Waals surface area contributed by atoms with E-state index in [0.29, 0.717) is 38.5 Å². The second-order valence-corrected chi connectivity index (χ2v) is 18.1. The Morgan fingerprint density at radius 3 is 1.71 bits per heavy atom. The lowest BCUT2D eigenvalue weighted by atomic mass is 9.98. The number of aliphatic carboxylic acids is 1. The predicted octanol–water partition coefficient (Wildman–Crippen LogP) is 2.26. The van der Waals surface area contributed by atoms with E-state index < -0.39 is 123 Å². The summed E-state index contributed by atoms with van der Waals surface area (Å²) in [4.78, 5) is 34.1. The molecule has 3 heterocycles. The molecule has 0 aliphatic carbocycles. The monoisotopic (exact) mass is 955 g/mol. The molecule has 0 bridgehead atoms. The number of rotatable bonds is 33. The van der Waals surface area contributed by atoms with Crippen molar-refractivity contribution in [1.29, 1.82) is 0 Å². The Balaban J connectivity index is 1.56. The topological polar surface area (TPSA) is 307 Å². The van der Waals surface area contributed by atoms with Gasteiger partial charge in [-0.25, -0.2) is 4.79 Å². The molecule has 0 aromatic heterocycles. The van der Waals surface area contributed by atoms with E-state index in [1.54, 1.807) is 0 Å². The largest absolute Gasteiger partial charge is 0.479 e. The van der Waals surface area contributed by atoms with Gasteiger partial charge in [0.1, 0.15) is 61.5 Å². The highest BCUT2D eigenvalue weighted by molar-refractivity contribution is 5.71. The number of carboxylic acid groups (broad SMARTS) is 1. The molecule has 0 aromatic carbocycles. The van der Waals surface area contributed by atoms with Crippen molar-refractivity contribution in [3.05, 3.63) is 0 Å². The molecule has 9 N–H and O–H groups in total. The van der Waals surface area contributed by atoms with E-state index in [1.165, 1.54) is 0 Å². The molecule has 20 nitrogen and oxygen atoms in total. The van der Waals surface area contributed by atoms with Crippen molar-refractivity contribution in [3.63, 3.8) is 0 Å². The number of esters is 2. The average Bonchev–Trinajstić information content (AvgIpc) is 3.27. The molecule has 386 valence electrons. The zero-order valence-electron chi connectivity index (χ0n) is 39.2. The highest BCUT2D eigenvalue weighted by Gasteiger charge is 2.52. The van der Waals surface area contributed by atoms with Gasteiger partial charge in [-0.05, 0) is 38.5 Å². The Bertz CT molecular complexity index is 1340. The molecule has 3 saturated heterocycles. The first-order chi connectivity index (χ1) is 31.5. The molecule has 0 amide bonds. The first kappa shape index (κ1) is 58.2. The summed E-state index contributed by atoms with van der Waals surface area (Å²) in [6.45, 7) is 3.16. The second kappa shape index (κ2) is 31.9. The lowest BCUT2D eigenvalue weighted by Crippen LogP contribution is -2.65. The highest BCUT2D eigenvalue weighted by atomic mass is 16.8. The maximum absolute atomic E-state index is 11.9. The predicted molar refractivity (Wildman–Crippen MR) is 233 cm³/mol.